The maximum atomic E-state index is 9.36. The van der Waals surface area contributed by atoms with Gasteiger partial charge in [-0.2, -0.15) is 5.26 Å². The van der Waals surface area contributed by atoms with Crippen LogP contribution in [0.4, 0.5) is 5.69 Å². The Kier molecular flexibility index (Phi) is 3.67. The minimum Gasteiger partial charge on any atom is -0.370 e. The molecule has 2 N–H and O–H groups in total. The highest BCUT2D eigenvalue weighted by Gasteiger charge is 2.37. The zero-order valence-corrected chi connectivity index (χ0v) is 12.1. The van der Waals surface area contributed by atoms with E-state index in [0.717, 1.165) is 29.9 Å². The van der Waals surface area contributed by atoms with Gasteiger partial charge in [-0.25, -0.2) is 0 Å². The van der Waals surface area contributed by atoms with E-state index < -0.39 is 0 Å². The molecular formula is C17H23N3. The number of piperidine rings is 1. The molecule has 1 aromatic rings. The molecular weight excluding hydrogens is 246 g/mol. The number of nitriles is 1. The molecule has 0 unspecified atom stereocenters. The van der Waals surface area contributed by atoms with E-state index in [2.05, 4.69) is 23.1 Å². The van der Waals surface area contributed by atoms with Gasteiger partial charge in [0.15, 0.2) is 0 Å². The van der Waals surface area contributed by atoms with Crippen LogP contribution in [0, 0.1) is 16.7 Å². The van der Waals surface area contributed by atoms with E-state index >= 15 is 0 Å². The SMILES string of the molecule is N#Cc1cc(CN)ccc1N1CCC2(CCCC2)CC1. The third-order valence-electron chi connectivity index (χ3n) is 5.25. The van der Waals surface area contributed by atoms with E-state index in [1.807, 2.05) is 6.07 Å². The van der Waals surface area contributed by atoms with E-state index in [-0.39, 0.29) is 0 Å². The largest absolute Gasteiger partial charge is 0.370 e. The molecule has 1 aliphatic carbocycles. The first-order valence-electron chi connectivity index (χ1n) is 7.74. The van der Waals surface area contributed by atoms with Gasteiger partial charge in [0, 0.05) is 19.6 Å². The van der Waals surface area contributed by atoms with Crippen LogP contribution in [-0.2, 0) is 6.54 Å². The molecule has 1 saturated carbocycles. The van der Waals surface area contributed by atoms with Crippen molar-refractivity contribution in [1.29, 1.82) is 5.26 Å². The topological polar surface area (TPSA) is 53.1 Å². The molecule has 1 heterocycles. The van der Waals surface area contributed by atoms with Crippen molar-refractivity contribution in [2.45, 2.75) is 45.1 Å². The van der Waals surface area contributed by atoms with Crippen molar-refractivity contribution in [3.05, 3.63) is 29.3 Å². The van der Waals surface area contributed by atoms with Crippen LogP contribution in [0.3, 0.4) is 0 Å². The van der Waals surface area contributed by atoms with E-state index in [4.69, 9.17) is 5.73 Å². The number of nitrogens with two attached hydrogens (primary N) is 1. The fraction of sp³-hybridized carbons (Fsp3) is 0.588. The van der Waals surface area contributed by atoms with Gasteiger partial charge in [-0.05, 0) is 48.8 Å². The fourth-order valence-corrected chi connectivity index (χ4v) is 3.92. The summed E-state index contributed by atoms with van der Waals surface area (Å²) in [7, 11) is 0. The average Bonchev–Trinajstić information content (AvgIpc) is 2.96. The lowest BCUT2D eigenvalue weighted by Crippen LogP contribution is -2.39. The minimum absolute atomic E-state index is 0.498. The van der Waals surface area contributed by atoms with Gasteiger partial charge in [-0.3, -0.25) is 0 Å². The highest BCUT2D eigenvalue weighted by molar-refractivity contribution is 5.60. The van der Waals surface area contributed by atoms with Gasteiger partial charge in [0.05, 0.1) is 11.3 Å². The Balaban J connectivity index is 1.76. The van der Waals surface area contributed by atoms with Crippen molar-refractivity contribution < 1.29 is 0 Å². The first-order chi connectivity index (χ1) is 9.76. The Bertz CT molecular complexity index is 514. The van der Waals surface area contributed by atoms with Gasteiger partial charge in [0.1, 0.15) is 6.07 Å². The highest BCUT2D eigenvalue weighted by atomic mass is 15.1. The molecule has 1 aliphatic heterocycles. The Morgan fingerprint density at radius 2 is 1.85 bits per heavy atom. The van der Waals surface area contributed by atoms with Crippen LogP contribution in [0.1, 0.15) is 49.7 Å². The normalized spacial score (nSPS) is 21.1. The Morgan fingerprint density at radius 3 is 2.45 bits per heavy atom. The predicted octanol–water partition coefficient (Wildman–Crippen LogP) is 3.18. The summed E-state index contributed by atoms with van der Waals surface area (Å²) in [5.74, 6) is 0. The molecule has 1 aromatic carbocycles. The van der Waals surface area contributed by atoms with Gasteiger partial charge in [-0.15, -0.1) is 0 Å². The standard InChI is InChI=1S/C17H23N3/c18-12-14-3-4-16(15(11-14)13-19)20-9-7-17(8-10-20)5-1-2-6-17/h3-4,11H,1-2,5-10,12,18H2. The fourth-order valence-electron chi connectivity index (χ4n) is 3.92. The van der Waals surface area contributed by atoms with Crippen LogP contribution in [-0.4, -0.2) is 13.1 Å². The highest BCUT2D eigenvalue weighted by Crippen LogP contribution is 2.46. The number of rotatable bonds is 2. The summed E-state index contributed by atoms with van der Waals surface area (Å²) in [4.78, 5) is 2.39. The Morgan fingerprint density at radius 1 is 1.15 bits per heavy atom. The molecule has 3 heteroatoms. The van der Waals surface area contributed by atoms with Gasteiger partial charge < -0.3 is 10.6 Å². The van der Waals surface area contributed by atoms with Crippen molar-refractivity contribution in [3.8, 4) is 6.07 Å². The smallest absolute Gasteiger partial charge is 0.101 e. The van der Waals surface area contributed by atoms with E-state index in [9.17, 15) is 5.26 Å². The molecule has 0 atom stereocenters. The molecule has 3 nitrogen and oxygen atoms in total. The number of hydrogen-bond donors (Lipinski definition) is 1. The maximum Gasteiger partial charge on any atom is 0.101 e. The van der Waals surface area contributed by atoms with Crippen LogP contribution in [0.25, 0.3) is 0 Å². The molecule has 2 aliphatic rings. The third-order valence-corrected chi connectivity index (χ3v) is 5.25. The molecule has 1 saturated heterocycles. The van der Waals surface area contributed by atoms with Gasteiger partial charge >= 0.3 is 0 Å². The number of anilines is 1. The summed E-state index contributed by atoms with van der Waals surface area (Å²) in [5, 5.41) is 9.36. The van der Waals surface area contributed by atoms with Crippen LogP contribution < -0.4 is 10.6 Å². The second-order valence-electron chi connectivity index (χ2n) is 6.36. The summed E-state index contributed by atoms with van der Waals surface area (Å²) < 4.78 is 0. The molecule has 2 fully saturated rings. The molecule has 1 spiro atoms. The van der Waals surface area contributed by atoms with Crippen LogP contribution in [0.2, 0.25) is 0 Å². The molecule has 0 bridgehead atoms. The first-order valence-corrected chi connectivity index (χ1v) is 7.74. The van der Waals surface area contributed by atoms with Crippen LogP contribution >= 0.6 is 0 Å². The van der Waals surface area contributed by atoms with Crippen LogP contribution in [0.5, 0.6) is 0 Å². The summed E-state index contributed by atoms with van der Waals surface area (Å²) in [6, 6.07) is 8.40. The number of hydrogen-bond acceptors (Lipinski definition) is 3. The number of nitrogens with zero attached hydrogens (tertiary/aromatic N) is 2. The zero-order chi connectivity index (χ0) is 14.0. The summed E-state index contributed by atoms with van der Waals surface area (Å²) in [5.41, 5.74) is 9.19. The van der Waals surface area contributed by atoms with Crippen molar-refractivity contribution >= 4 is 5.69 Å². The predicted molar refractivity (Wildman–Crippen MR) is 81.4 cm³/mol. The van der Waals surface area contributed by atoms with E-state index in [1.54, 1.807) is 0 Å². The van der Waals surface area contributed by atoms with E-state index in [0.29, 0.717) is 12.0 Å². The number of benzene rings is 1. The molecule has 3 rings (SSSR count). The third kappa shape index (κ3) is 2.41. The Labute approximate surface area is 121 Å². The van der Waals surface area contributed by atoms with Crippen molar-refractivity contribution in [1.82, 2.24) is 0 Å². The Hall–Kier alpha value is -1.53. The molecule has 0 aromatic heterocycles. The molecule has 106 valence electrons. The van der Waals surface area contributed by atoms with Crippen LogP contribution in [0.15, 0.2) is 18.2 Å². The van der Waals surface area contributed by atoms with Gasteiger partial charge in [0.2, 0.25) is 0 Å². The lowest BCUT2D eigenvalue weighted by atomic mass is 9.77. The lowest BCUT2D eigenvalue weighted by Gasteiger charge is -2.40. The van der Waals surface area contributed by atoms with Gasteiger partial charge in [0.25, 0.3) is 0 Å². The second kappa shape index (κ2) is 5.46. The van der Waals surface area contributed by atoms with Crippen molar-refractivity contribution in [2.75, 3.05) is 18.0 Å². The molecule has 0 amide bonds. The maximum absolute atomic E-state index is 9.36. The quantitative estimate of drug-likeness (QED) is 0.897. The van der Waals surface area contributed by atoms with Crippen molar-refractivity contribution in [2.24, 2.45) is 11.1 Å². The average molecular weight is 269 g/mol. The van der Waals surface area contributed by atoms with Crippen molar-refractivity contribution in [3.63, 3.8) is 0 Å². The van der Waals surface area contributed by atoms with Gasteiger partial charge in [-0.1, -0.05) is 18.9 Å². The first kappa shape index (κ1) is 13.5. The lowest BCUT2D eigenvalue weighted by molar-refractivity contribution is 0.226. The minimum atomic E-state index is 0.498. The second-order valence-corrected chi connectivity index (χ2v) is 6.36. The van der Waals surface area contributed by atoms with E-state index in [1.165, 1.54) is 38.5 Å². The molecule has 0 radical (unpaired) electrons. The summed E-state index contributed by atoms with van der Waals surface area (Å²) in [6.45, 7) is 2.69. The summed E-state index contributed by atoms with van der Waals surface area (Å²) >= 11 is 0. The monoisotopic (exact) mass is 269 g/mol. The summed E-state index contributed by atoms with van der Waals surface area (Å²) in [6.07, 6.45) is 8.23. The molecule has 20 heavy (non-hydrogen) atoms. The zero-order valence-electron chi connectivity index (χ0n) is 12.1.